The summed E-state index contributed by atoms with van der Waals surface area (Å²) in [4.78, 5) is 24.8. The van der Waals surface area contributed by atoms with Crippen molar-refractivity contribution < 1.29 is 35.1 Å². The molecule has 1 heterocycles. The molecule has 0 aliphatic heterocycles. The molecule has 156 valence electrons. The van der Waals surface area contributed by atoms with Crippen LogP contribution in [0.25, 0.3) is 11.3 Å². The highest BCUT2D eigenvalue weighted by molar-refractivity contribution is 6.23. The second-order valence-corrected chi connectivity index (χ2v) is 8.27. The summed E-state index contributed by atoms with van der Waals surface area (Å²) in [7, 11) is 0. The molecule has 0 saturated carbocycles. The number of carbonyl (C=O) groups is 2. The third-order valence-electron chi connectivity index (χ3n) is 6.74. The number of hydrogen-bond donors (Lipinski definition) is 7. The number of phenolic OH excluding ortho intramolecular Hbond substituents is 1. The monoisotopic (exact) mass is 413 g/mol. The number of hydrogen-bond acceptors (Lipinski definition) is 8. The molecule has 10 heteroatoms. The van der Waals surface area contributed by atoms with Gasteiger partial charge < -0.3 is 31.3 Å². The number of aromatic nitrogens is 2. The summed E-state index contributed by atoms with van der Waals surface area (Å²) in [6.45, 7) is 1.46. The number of aliphatic hydroxyl groups excluding tert-OH is 2. The largest absolute Gasteiger partial charge is 0.511 e. The summed E-state index contributed by atoms with van der Waals surface area (Å²) in [5.74, 6) is -5.46. The minimum atomic E-state index is -2.43. The highest BCUT2D eigenvalue weighted by atomic mass is 16.3. The Bertz CT molecular complexity index is 1180. The Labute approximate surface area is 169 Å². The Morgan fingerprint density at radius 3 is 2.67 bits per heavy atom. The minimum Gasteiger partial charge on any atom is -0.511 e. The maximum Gasteiger partial charge on any atom is 0.255 e. The highest BCUT2D eigenvalue weighted by Crippen LogP contribution is 2.61. The molecule has 0 unspecified atom stereocenters. The molecule has 1 amide bonds. The van der Waals surface area contributed by atoms with Crippen LogP contribution in [0.15, 0.2) is 29.5 Å². The molecule has 3 aliphatic carbocycles. The van der Waals surface area contributed by atoms with E-state index in [9.17, 15) is 35.1 Å². The fourth-order valence-corrected chi connectivity index (χ4v) is 5.40. The normalized spacial score (nSPS) is 34.3. The lowest BCUT2D eigenvalue weighted by atomic mass is 9.55. The summed E-state index contributed by atoms with van der Waals surface area (Å²) in [5.41, 5.74) is 1.12. The first-order valence-corrected chi connectivity index (χ1v) is 9.34. The lowest BCUT2D eigenvalue weighted by Gasteiger charge is -2.51. The van der Waals surface area contributed by atoms with Crippen LogP contribution in [0.1, 0.15) is 36.1 Å². The molecule has 5 atom stereocenters. The fraction of sp³-hybridized carbons (Fsp3) is 0.350. The molecule has 0 spiro atoms. The SMILES string of the molecule is C[C@@]1(O)c2cccc(O)c2-c2n[nH]c3c2[C@@H]1[C@H](O)[C@H]1CC(O)=C(C(N)=O)C(=O)[C@@]31O. The van der Waals surface area contributed by atoms with Crippen molar-refractivity contribution in [1.82, 2.24) is 10.2 Å². The Hall–Kier alpha value is -3.21. The van der Waals surface area contributed by atoms with Crippen LogP contribution in [-0.2, 0) is 20.8 Å². The van der Waals surface area contributed by atoms with Gasteiger partial charge in [0.2, 0.25) is 5.78 Å². The quantitative estimate of drug-likeness (QED) is 0.305. The van der Waals surface area contributed by atoms with Gasteiger partial charge in [0.1, 0.15) is 22.8 Å². The molecule has 1 aromatic heterocycles. The fourth-order valence-electron chi connectivity index (χ4n) is 5.40. The van der Waals surface area contributed by atoms with Crippen LogP contribution in [0, 0.1) is 5.92 Å². The number of benzene rings is 1. The minimum absolute atomic E-state index is 0.108. The van der Waals surface area contributed by atoms with Gasteiger partial charge in [-0.3, -0.25) is 14.7 Å². The van der Waals surface area contributed by atoms with Crippen molar-refractivity contribution in [1.29, 1.82) is 0 Å². The van der Waals surface area contributed by atoms with Gasteiger partial charge in [0.05, 0.1) is 23.0 Å². The van der Waals surface area contributed by atoms with Gasteiger partial charge in [-0.15, -0.1) is 0 Å². The molecule has 3 aliphatic rings. The number of ketones is 1. The number of H-pyrrole nitrogens is 1. The molecule has 10 nitrogen and oxygen atoms in total. The van der Waals surface area contributed by atoms with Crippen molar-refractivity contribution in [3.8, 4) is 17.0 Å². The van der Waals surface area contributed by atoms with Gasteiger partial charge in [0.25, 0.3) is 5.91 Å². The van der Waals surface area contributed by atoms with Crippen LogP contribution in [0.4, 0.5) is 0 Å². The summed E-state index contributed by atoms with van der Waals surface area (Å²) in [6.07, 6.45) is -1.90. The average molecular weight is 413 g/mol. The van der Waals surface area contributed by atoms with Gasteiger partial charge in [-0.1, -0.05) is 12.1 Å². The van der Waals surface area contributed by atoms with E-state index in [1.165, 1.54) is 13.0 Å². The first-order chi connectivity index (χ1) is 14.0. The summed E-state index contributed by atoms with van der Waals surface area (Å²) in [5, 5.41) is 61.6. The number of nitrogens with two attached hydrogens (primary N) is 1. The van der Waals surface area contributed by atoms with Crippen LogP contribution in [0.3, 0.4) is 0 Å². The number of carbonyl (C=O) groups excluding carboxylic acids is 2. The Morgan fingerprint density at radius 1 is 1.30 bits per heavy atom. The van der Waals surface area contributed by atoms with E-state index in [2.05, 4.69) is 10.2 Å². The van der Waals surface area contributed by atoms with E-state index < -0.39 is 58.6 Å². The first-order valence-electron chi connectivity index (χ1n) is 9.34. The second kappa shape index (κ2) is 5.48. The van der Waals surface area contributed by atoms with Crippen molar-refractivity contribution in [3.05, 3.63) is 46.4 Å². The number of nitrogens with zero attached hydrogens (tertiary/aromatic N) is 1. The lowest BCUT2D eigenvalue weighted by molar-refractivity contribution is -0.164. The lowest BCUT2D eigenvalue weighted by Crippen LogP contribution is -2.60. The van der Waals surface area contributed by atoms with E-state index in [0.29, 0.717) is 5.56 Å². The van der Waals surface area contributed by atoms with Crippen LogP contribution < -0.4 is 5.73 Å². The van der Waals surface area contributed by atoms with Crippen molar-refractivity contribution in [2.24, 2.45) is 11.7 Å². The van der Waals surface area contributed by atoms with Crippen molar-refractivity contribution in [2.75, 3.05) is 0 Å². The number of amides is 1. The number of nitrogens with one attached hydrogen (secondary N) is 1. The van der Waals surface area contributed by atoms with Crippen LogP contribution in [-0.4, -0.2) is 53.5 Å². The number of phenols is 1. The van der Waals surface area contributed by atoms with Crippen molar-refractivity contribution in [3.63, 3.8) is 0 Å². The smallest absolute Gasteiger partial charge is 0.255 e. The van der Waals surface area contributed by atoms with Crippen LogP contribution in [0.2, 0.25) is 0 Å². The molecular formula is C20H19N3O7. The zero-order valence-corrected chi connectivity index (χ0v) is 15.7. The highest BCUT2D eigenvalue weighted by Gasteiger charge is 2.65. The molecule has 0 bridgehead atoms. The summed E-state index contributed by atoms with van der Waals surface area (Å²) in [6, 6.07) is 4.55. The molecular weight excluding hydrogens is 394 g/mol. The zero-order valence-electron chi connectivity index (χ0n) is 15.7. The van der Waals surface area contributed by atoms with Gasteiger partial charge in [-0.25, -0.2) is 0 Å². The molecule has 0 saturated heterocycles. The topological polar surface area (TPSA) is 190 Å². The number of aromatic hydroxyl groups is 1. The predicted molar refractivity (Wildman–Crippen MR) is 99.9 cm³/mol. The number of Topliss-reactive ketones (excluding diaryl/α,β-unsaturated/α-hetero) is 1. The Kier molecular flexibility index (Phi) is 3.43. The summed E-state index contributed by atoms with van der Waals surface area (Å²) >= 11 is 0. The van der Waals surface area contributed by atoms with Crippen molar-refractivity contribution in [2.45, 2.75) is 36.6 Å². The number of allylic oxidation sites excluding steroid dienone is 1. The molecule has 0 radical (unpaired) electrons. The van der Waals surface area contributed by atoms with Crippen molar-refractivity contribution >= 4 is 11.7 Å². The maximum absolute atomic E-state index is 13.1. The third-order valence-corrected chi connectivity index (χ3v) is 6.74. The number of rotatable bonds is 1. The summed E-state index contributed by atoms with van der Waals surface area (Å²) < 4.78 is 0. The number of aromatic amines is 1. The molecule has 1 aromatic carbocycles. The second-order valence-electron chi connectivity index (χ2n) is 8.27. The zero-order chi connectivity index (χ0) is 21.7. The average Bonchev–Trinajstić information content (AvgIpc) is 3.08. The van der Waals surface area contributed by atoms with E-state index in [1.807, 2.05) is 0 Å². The molecule has 2 aromatic rings. The maximum atomic E-state index is 13.1. The molecule has 0 fully saturated rings. The van der Waals surface area contributed by atoms with Gasteiger partial charge in [-0.05, 0) is 18.6 Å². The van der Waals surface area contributed by atoms with Gasteiger partial charge in [0.15, 0.2) is 5.60 Å². The Morgan fingerprint density at radius 2 is 2.00 bits per heavy atom. The number of fused-ring (bicyclic) bond motifs is 4. The first kappa shape index (κ1) is 18.8. The predicted octanol–water partition coefficient (Wildman–Crippen LogP) is -0.465. The van der Waals surface area contributed by atoms with Gasteiger partial charge >= 0.3 is 0 Å². The van der Waals surface area contributed by atoms with E-state index in [4.69, 9.17) is 5.73 Å². The van der Waals surface area contributed by atoms with E-state index >= 15 is 0 Å². The molecule has 30 heavy (non-hydrogen) atoms. The van der Waals surface area contributed by atoms with Crippen LogP contribution in [0.5, 0.6) is 5.75 Å². The number of aliphatic hydroxyl groups is 4. The van der Waals surface area contributed by atoms with E-state index in [1.54, 1.807) is 12.1 Å². The van der Waals surface area contributed by atoms with Gasteiger partial charge in [0, 0.05) is 23.8 Å². The standard InChI is InChI=1S/C20H19N3O7/c1-19(29)6-3-2-4-8(24)10(6)14-12-13(19)15(26)7-5-9(25)11(18(21)28)17(27)20(7,30)16(12)23-22-14/h2-4,7,13,15,24-26,29-30H,5H2,1H3,(H2,21,28)(H,22,23)/t7-,13-,15-,19-,20+/m1/s1. The van der Waals surface area contributed by atoms with E-state index in [0.717, 1.165) is 0 Å². The van der Waals surface area contributed by atoms with E-state index in [-0.39, 0.29) is 28.3 Å². The van der Waals surface area contributed by atoms with Gasteiger partial charge in [-0.2, -0.15) is 5.10 Å². The third kappa shape index (κ3) is 1.91. The Balaban J connectivity index is 1.85. The van der Waals surface area contributed by atoms with Crippen LogP contribution >= 0.6 is 0 Å². The number of primary amides is 1. The molecule has 8 N–H and O–H groups in total. The molecule has 5 rings (SSSR count).